The highest BCUT2D eigenvalue weighted by Crippen LogP contribution is 2.16. The summed E-state index contributed by atoms with van der Waals surface area (Å²) < 4.78 is 31.8. The van der Waals surface area contributed by atoms with E-state index in [-0.39, 0.29) is 39.1 Å². The van der Waals surface area contributed by atoms with Crippen molar-refractivity contribution in [3.05, 3.63) is 89.5 Å². The van der Waals surface area contributed by atoms with Gasteiger partial charge in [-0.2, -0.15) is 0 Å². The minimum atomic E-state index is -1.23. The van der Waals surface area contributed by atoms with Crippen molar-refractivity contribution in [1.82, 2.24) is 10.6 Å². The van der Waals surface area contributed by atoms with Crippen LogP contribution in [0.25, 0.3) is 0 Å². The van der Waals surface area contributed by atoms with Crippen molar-refractivity contribution in [2.75, 3.05) is 27.9 Å². The maximum atomic E-state index is 13.2. The molecule has 0 spiro atoms. The van der Waals surface area contributed by atoms with Crippen molar-refractivity contribution in [3.8, 4) is 17.2 Å². The molecule has 0 bridgehead atoms. The molecule has 3 aromatic carbocycles. The van der Waals surface area contributed by atoms with Gasteiger partial charge in [-0.3, -0.25) is 4.79 Å². The predicted octanol–water partition coefficient (Wildman–Crippen LogP) is 4.19. The molecule has 0 saturated carbocycles. The second-order valence-electron chi connectivity index (χ2n) is 11.0. The van der Waals surface area contributed by atoms with E-state index in [2.05, 4.69) is 10.6 Å². The van der Waals surface area contributed by atoms with Crippen molar-refractivity contribution in [2.45, 2.75) is 64.0 Å². The van der Waals surface area contributed by atoms with Crippen LogP contribution in [0.1, 0.15) is 48.8 Å². The number of ether oxygens (including phenoxy) is 6. The van der Waals surface area contributed by atoms with Gasteiger partial charge in [-0.15, -0.1) is 0 Å². The topological polar surface area (TPSA) is 174 Å². The number of amides is 2. The van der Waals surface area contributed by atoms with Crippen LogP contribution in [0.2, 0.25) is 0 Å². The number of hydrogen-bond donors (Lipinski definition) is 3. The predicted molar refractivity (Wildman–Crippen MR) is 180 cm³/mol. The first-order chi connectivity index (χ1) is 23.7. The van der Waals surface area contributed by atoms with Crippen molar-refractivity contribution in [1.29, 1.82) is 0 Å². The summed E-state index contributed by atoms with van der Waals surface area (Å²) in [5.74, 6) is -0.0200. The number of carbonyl (C=O) groups excluding carboxylic acids is 4. The van der Waals surface area contributed by atoms with E-state index in [0.29, 0.717) is 42.2 Å². The molecule has 3 aromatic rings. The molecule has 0 saturated heterocycles. The third kappa shape index (κ3) is 13.8. The zero-order chi connectivity index (χ0) is 35.4. The Bertz CT molecular complexity index is 1460. The molecule has 0 radical (unpaired) electrons. The molecule has 264 valence electrons. The Morgan fingerprint density at radius 2 is 0.959 bits per heavy atom. The van der Waals surface area contributed by atoms with Crippen LogP contribution in [-0.4, -0.2) is 63.9 Å². The average molecular weight is 680 g/mol. The van der Waals surface area contributed by atoms with Gasteiger partial charge in [-0.1, -0.05) is 36.4 Å². The van der Waals surface area contributed by atoms with Crippen LogP contribution in [0.3, 0.4) is 0 Å². The molecule has 2 amide bonds. The third-order valence-corrected chi connectivity index (χ3v) is 7.40. The Morgan fingerprint density at radius 3 is 1.35 bits per heavy atom. The van der Waals surface area contributed by atoms with Crippen LogP contribution in [0, 0.1) is 0 Å². The van der Waals surface area contributed by atoms with Gasteiger partial charge in [0.15, 0.2) is 0 Å². The molecular formula is C36H45N3O10. The summed E-state index contributed by atoms with van der Waals surface area (Å²) in [5.41, 5.74) is 7.81. The van der Waals surface area contributed by atoms with Crippen LogP contribution < -0.4 is 30.6 Å². The van der Waals surface area contributed by atoms with E-state index >= 15 is 0 Å². The number of esters is 3. The molecule has 49 heavy (non-hydrogen) atoms. The van der Waals surface area contributed by atoms with Gasteiger partial charge in [0.05, 0.1) is 21.3 Å². The molecule has 13 heteroatoms. The van der Waals surface area contributed by atoms with Crippen molar-refractivity contribution in [2.24, 2.45) is 5.73 Å². The van der Waals surface area contributed by atoms with Gasteiger partial charge >= 0.3 is 23.9 Å². The minimum Gasteiger partial charge on any atom is -0.497 e. The van der Waals surface area contributed by atoms with Gasteiger partial charge < -0.3 is 44.8 Å². The van der Waals surface area contributed by atoms with Gasteiger partial charge in [0, 0.05) is 6.42 Å². The lowest BCUT2D eigenvalue weighted by molar-refractivity contribution is -0.149. The number of hydrogen-bond acceptors (Lipinski definition) is 11. The smallest absolute Gasteiger partial charge is 0.329 e. The van der Waals surface area contributed by atoms with Gasteiger partial charge in [-0.05, 0) is 85.3 Å². The number of carbonyl (C=O) groups is 4. The molecule has 3 rings (SSSR count). The quantitative estimate of drug-likeness (QED) is 0.0888. The molecule has 0 aliphatic carbocycles. The van der Waals surface area contributed by atoms with E-state index in [9.17, 15) is 19.2 Å². The fraction of sp³-hybridized carbons (Fsp3) is 0.389. The van der Waals surface area contributed by atoms with E-state index in [1.807, 2.05) is 0 Å². The summed E-state index contributed by atoms with van der Waals surface area (Å²) in [6.45, 7) is 0.339. The second-order valence-corrected chi connectivity index (χ2v) is 11.0. The fourth-order valence-electron chi connectivity index (χ4n) is 4.52. The largest absolute Gasteiger partial charge is 0.497 e. The zero-order valence-electron chi connectivity index (χ0n) is 28.1. The summed E-state index contributed by atoms with van der Waals surface area (Å²) in [6, 6.07) is 17.9. The Labute approximate surface area is 286 Å². The summed E-state index contributed by atoms with van der Waals surface area (Å²) in [7, 11) is 4.65. The summed E-state index contributed by atoms with van der Waals surface area (Å²) in [5, 5.41) is 5.17. The minimum absolute atomic E-state index is 0.0154. The lowest BCUT2D eigenvalue weighted by atomic mass is 10.1. The highest BCUT2D eigenvalue weighted by Gasteiger charge is 2.27. The van der Waals surface area contributed by atoms with E-state index < -0.39 is 36.0 Å². The summed E-state index contributed by atoms with van der Waals surface area (Å²) in [4.78, 5) is 52.0. The maximum absolute atomic E-state index is 13.2. The second kappa shape index (κ2) is 20.8. The summed E-state index contributed by atoms with van der Waals surface area (Å²) in [6.07, 6.45) is 1.13. The first-order valence-corrected chi connectivity index (χ1v) is 15.9. The Hall–Kier alpha value is -5.30. The summed E-state index contributed by atoms with van der Waals surface area (Å²) >= 11 is 0. The molecule has 1 unspecified atom stereocenters. The van der Waals surface area contributed by atoms with Gasteiger partial charge in [0.25, 0.3) is 0 Å². The third-order valence-electron chi connectivity index (χ3n) is 7.40. The number of rotatable bonds is 20. The van der Waals surface area contributed by atoms with Crippen molar-refractivity contribution < 1.29 is 47.6 Å². The van der Waals surface area contributed by atoms with Gasteiger partial charge in [-0.25, -0.2) is 14.4 Å². The lowest BCUT2D eigenvalue weighted by Gasteiger charge is -2.21. The van der Waals surface area contributed by atoms with E-state index in [1.54, 1.807) is 94.1 Å². The van der Waals surface area contributed by atoms with Gasteiger partial charge in [0.1, 0.15) is 49.2 Å². The molecule has 0 heterocycles. The fourth-order valence-corrected chi connectivity index (χ4v) is 4.52. The number of methoxy groups -OCH3 is 3. The molecule has 0 aromatic heterocycles. The van der Waals surface area contributed by atoms with Crippen LogP contribution in [0.15, 0.2) is 72.8 Å². The van der Waals surface area contributed by atoms with E-state index in [4.69, 9.17) is 34.2 Å². The van der Waals surface area contributed by atoms with Crippen LogP contribution in [0.4, 0.5) is 4.79 Å². The van der Waals surface area contributed by atoms with Gasteiger partial charge in [0.2, 0.25) is 0 Å². The average Bonchev–Trinajstić information content (AvgIpc) is 3.13. The number of nitrogens with two attached hydrogens (primary N) is 1. The Morgan fingerprint density at radius 1 is 0.571 bits per heavy atom. The van der Waals surface area contributed by atoms with E-state index in [1.165, 1.54) is 0 Å². The molecule has 0 aliphatic heterocycles. The molecule has 4 N–H and O–H groups in total. The molecular weight excluding hydrogens is 634 g/mol. The van der Waals surface area contributed by atoms with Crippen LogP contribution in [0.5, 0.6) is 17.2 Å². The molecule has 0 aliphatic rings. The highest BCUT2D eigenvalue weighted by atomic mass is 16.5. The SMILES string of the molecule is COc1ccc(COC(=O)CCC(NC(=O)N[C@H](CCCCN)C(=O)OCc2ccc(OC)cc2)C(=O)OCc2ccc(OC)cc2)cc1. The number of benzene rings is 3. The lowest BCUT2D eigenvalue weighted by Crippen LogP contribution is -2.51. The first kappa shape index (κ1) is 38.2. The van der Waals surface area contributed by atoms with Crippen LogP contribution >= 0.6 is 0 Å². The standard InChI is InChI=1S/C36H45N3O10/c1-44-28-13-7-25(8-14-28)22-47-33(40)20-19-32(35(42)49-24-27-11-17-30(46-3)18-12-27)39-36(43)38-31(6-4-5-21-37)34(41)48-23-26-9-15-29(45-2)16-10-26/h7-18,31-32H,4-6,19-24,37H2,1-3H3,(H2,38,39,43)/t31-,32?/m1/s1. The normalized spacial score (nSPS) is 11.8. The van der Waals surface area contributed by atoms with E-state index in [0.717, 1.165) is 11.1 Å². The van der Waals surface area contributed by atoms with Crippen molar-refractivity contribution >= 4 is 23.9 Å². The number of nitrogens with one attached hydrogen (secondary N) is 2. The zero-order valence-corrected chi connectivity index (χ0v) is 28.1. The number of unbranched alkanes of at least 4 members (excludes halogenated alkanes) is 1. The molecule has 13 nitrogen and oxygen atoms in total. The van der Waals surface area contributed by atoms with Crippen molar-refractivity contribution in [3.63, 3.8) is 0 Å². The van der Waals surface area contributed by atoms with Crippen LogP contribution in [-0.2, 0) is 48.4 Å². The Kier molecular flexibility index (Phi) is 16.2. The maximum Gasteiger partial charge on any atom is 0.329 e. The molecule has 2 atom stereocenters. The highest BCUT2D eigenvalue weighted by molar-refractivity contribution is 5.87. The number of urea groups is 1. The first-order valence-electron chi connectivity index (χ1n) is 15.9. The Balaban J connectivity index is 1.63. The molecule has 0 fully saturated rings. The monoisotopic (exact) mass is 679 g/mol.